The Balaban J connectivity index is 1.73. The van der Waals surface area contributed by atoms with Gasteiger partial charge in [-0.05, 0) is 24.3 Å². The van der Waals surface area contributed by atoms with E-state index in [2.05, 4.69) is 15.3 Å². The largest absolute Gasteiger partial charge is 0.441 e. The molecule has 0 aliphatic heterocycles. The Morgan fingerprint density at radius 3 is 2.70 bits per heavy atom. The van der Waals surface area contributed by atoms with Gasteiger partial charge in [-0.25, -0.2) is 14.8 Å². The van der Waals surface area contributed by atoms with Crippen molar-refractivity contribution >= 4 is 33.7 Å². The van der Waals surface area contributed by atoms with E-state index in [0.29, 0.717) is 22.7 Å². The normalized spacial score (nSPS) is 11.2. The van der Waals surface area contributed by atoms with E-state index in [1.807, 2.05) is 0 Å². The fraction of sp³-hybridized carbons (Fsp3) is 0.167. The van der Waals surface area contributed by atoms with Crippen LogP contribution in [0.1, 0.15) is 16.2 Å². The summed E-state index contributed by atoms with van der Waals surface area (Å²) in [6.45, 7) is 1.74. The van der Waals surface area contributed by atoms with Crippen molar-refractivity contribution in [3.05, 3.63) is 62.8 Å². The highest BCUT2D eigenvalue weighted by Crippen LogP contribution is 2.20. The fourth-order valence-electron chi connectivity index (χ4n) is 2.91. The van der Waals surface area contributed by atoms with Crippen LogP contribution in [-0.2, 0) is 14.1 Å². The van der Waals surface area contributed by atoms with Crippen molar-refractivity contribution in [1.29, 1.82) is 0 Å². The Hall–Kier alpha value is -3.75. The van der Waals surface area contributed by atoms with Crippen molar-refractivity contribution in [3.63, 3.8) is 0 Å². The van der Waals surface area contributed by atoms with Gasteiger partial charge in [0.05, 0.1) is 10.9 Å². The van der Waals surface area contributed by atoms with E-state index >= 15 is 0 Å². The quantitative estimate of drug-likeness (QED) is 0.574. The molecule has 0 saturated heterocycles. The molecule has 9 nitrogen and oxygen atoms in total. The highest BCUT2D eigenvalue weighted by molar-refractivity contribution is 6.06. The number of nitrogens with one attached hydrogen (secondary N) is 1. The van der Waals surface area contributed by atoms with Crippen LogP contribution in [0.25, 0.3) is 22.1 Å². The number of pyridine rings is 1. The molecule has 136 valence electrons. The lowest BCUT2D eigenvalue weighted by Gasteiger charge is -2.08. The van der Waals surface area contributed by atoms with Crippen LogP contribution in [0.5, 0.6) is 0 Å². The molecule has 1 amide bonds. The van der Waals surface area contributed by atoms with Gasteiger partial charge in [-0.3, -0.25) is 18.7 Å². The SMILES string of the molecule is Cc1nc2cc(NC(=O)c3cnc4c(c3)c(=O)n(C)c(=O)n4C)ccc2o1. The first-order chi connectivity index (χ1) is 12.8. The summed E-state index contributed by atoms with van der Waals surface area (Å²) in [7, 11) is 2.90. The molecule has 4 aromatic rings. The summed E-state index contributed by atoms with van der Waals surface area (Å²) in [5.74, 6) is 0.105. The van der Waals surface area contributed by atoms with Crippen molar-refractivity contribution in [2.75, 3.05) is 5.32 Å². The summed E-state index contributed by atoms with van der Waals surface area (Å²) < 4.78 is 7.65. The number of amides is 1. The van der Waals surface area contributed by atoms with Gasteiger partial charge in [-0.1, -0.05) is 0 Å². The van der Waals surface area contributed by atoms with Crippen LogP contribution >= 0.6 is 0 Å². The van der Waals surface area contributed by atoms with Gasteiger partial charge < -0.3 is 9.73 Å². The highest BCUT2D eigenvalue weighted by atomic mass is 16.3. The lowest BCUT2D eigenvalue weighted by atomic mass is 10.2. The van der Waals surface area contributed by atoms with E-state index in [1.54, 1.807) is 25.1 Å². The summed E-state index contributed by atoms with van der Waals surface area (Å²) in [4.78, 5) is 45.2. The number of aromatic nitrogens is 4. The highest BCUT2D eigenvalue weighted by Gasteiger charge is 2.14. The number of hydrogen-bond acceptors (Lipinski definition) is 6. The molecule has 1 aromatic carbocycles. The van der Waals surface area contributed by atoms with Gasteiger partial charge in [-0.15, -0.1) is 0 Å². The first-order valence-electron chi connectivity index (χ1n) is 8.09. The zero-order chi connectivity index (χ0) is 19.3. The maximum absolute atomic E-state index is 12.6. The number of anilines is 1. The van der Waals surface area contributed by atoms with Gasteiger partial charge in [0.2, 0.25) is 0 Å². The minimum atomic E-state index is -0.505. The third-order valence-electron chi connectivity index (χ3n) is 4.31. The maximum Gasteiger partial charge on any atom is 0.332 e. The average Bonchev–Trinajstić information content (AvgIpc) is 3.03. The van der Waals surface area contributed by atoms with Crippen LogP contribution in [-0.4, -0.2) is 25.0 Å². The molecule has 0 aliphatic rings. The molecular weight excluding hydrogens is 350 g/mol. The third kappa shape index (κ3) is 2.69. The molecule has 0 atom stereocenters. The monoisotopic (exact) mass is 365 g/mol. The molecule has 27 heavy (non-hydrogen) atoms. The summed E-state index contributed by atoms with van der Waals surface area (Å²) >= 11 is 0. The lowest BCUT2D eigenvalue weighted by molar-refractivity contribution is 0.102. The van der Waals surface area contributed by atoms with E-state index in [0.717, 1.165) is 4.57 Å². The Morgan fingerprint density at radius 2 is 1.93 bits per heavy atom. The Morgan fingerprint density at radius 1 is 1.15 bits per heavy atom. The van der Waals surface area contributed by atoms with Crippen molar-refractivity contribution in [2.45, 2.75) is 6.92 Å². The van der Waals surface area contributed by atoms with E-state index < -0.39 is 17.2 Å². The molecule has 1 N–H and O–H groups in total. The first kappa shape index (κ1) is 16.7. The van der Waals surface area contributed by atoms with E-state index in [-0.39, 0.29) is 16.6 Å². The molecule has 3 aromatic heterocycles. The number of rotatable bonds is 2. The number of benzene rings is 1. The Labute approximate surface area is 151 Å². The van der Waals surface area contributed by atoms with Gasteiger partial charge in [-0.2, -0.15) is 0 Å². The van der Waals surface area contributed by atoms with Crippen LogP contribution in [0.4, 0.5) is 5.69 Å². The second-order valence-electron chi connectivity index (χ2n) is 6.17. The Bertz CT molecular complexity index is 1350. The second-order valence-corrected chi connectivity index (χ2v) is 6.17. The number of carbonyl (C=O) groups is 1. The van der Waals surface area contributed by atoms with E-state index in [4.69, 9.17) is 4.42 Å². The van der Waals surface area contributed by atoms with Crippen LogP contribution in [0.2, 0.25) is 0 Å². The summed E-state index contributed by atoms with van der Waals surface area (Å²) in [5, 5.41) is 2.94. The smallest absolute Gasteiger partial charge is 0.332 e. The molecule has 0 aliphatic carbocycles. The molecule has 9 heteroatoms. The van der Waals surface area contributed by atoms with Crippen molar-refractivity contribution in [3.8, 4) is 0 Å². The average molecular weight is 365 g/mol. The number of fused-ring (bicyclic) bond motifs is 2. The number of aryl methyl sites for hydroxylation is 2. The molecule has 0 unspecified atom stereocenters. The summed E-state index contributed by atoms with van der Waals surface area (Å²) in [6, 6.07) is 6.54. The molecular formula is C18H15N5O4. The van der Waals surface area contributed by atoms with Crippen LogP contribution in [0, 0.1) is 6.92 Å². The predicted molar refractivity (Wildman–Crippen MR) is 98.9 cm³/mol. The van der Waals surface area contributed by atoms with Crippen molar-refractivity contribution in [1.82, 2.24) is 19.1 Å². The molecule has 0 fully saturated rings. The minimum Gasteiger partial charge on any atom is -0.441 e. The topological polar surface area (TPSA) is 112 Å². The Kier molecular flexibility index (Phi) is 3.65. The van der Waals surface area contributed by atoms with Gasteiger partial charge in [0.25, 0.3) is 11.5 Å². The van der Waals surface area contributed by atoms with Gasteiger partial charge in [0, 0.05) is 32.9 Å². The minimum absolute atomic E-state index is 0.190. The first-order valence-corrected chi connectivity index (χ1v) is 8.09. The third-order valence-corrected chi connectivity index (χ3v) is 4.31. The maximum atomic E-state index is 12.6. The zero-order valence-electron chi connectivity index (χ0n) is 14.8. The van der Waals surface area contributed by atoms with Crippen LogP contribution in [0.15, 0.2) is 44.5 Å². The number of hydrogen-bond donors (Lipinski definition) is 1. The van der Waals surface area contributed by atoms with Crippen molar-refractivity contribution in [2.24, 2.45) is 14.1 Å². The summed E-state index contributed by atoms with van der Waals surface area (Å²) in [5.41, 5.74) is 1.24. The molecule has 0 spiro atoms. The molecule has 4 rings (SSSR count). The summed E-state index contributed by atoms with van der Waals surface area (Å²) in [6.07, 6.45) is 1.33. The van der Waals surface area contributed by atoms with Crippen LogP contribution < -0.4 is 16.6 Å². The standard InChI is InChI=1S/C18H15N5O4/c1-9-20-13-7-11(4-5-14(13)27-9)21-16(24)10-6-12-15(19-8-10)22(2)18(26)23(3)17(12)25/h4-8H,1-3H3,(H,21,24). The van der Waals surface area contributed by atoms with Gasteiger partial charge >= 0.3 is 5.69 Å². The zero-order valence-corrected chi connectivity index (χ0v) is 14.8. The number of oxazole rings is 1. The number of carbonyl (C=O) groups excluding carboxylic acids is 1. The number of nitrogens with zero attached hydrogens (tertiary/aromatic N) is 4. The van der Waals surface area contributed by atoms with Gasteiger partial charge in [0.15, 0.2) is 11.5 Å². The van der Waals surface area contributed by atoms with E-state index in [1.165, 1.54) is 30.9 Å². The van der Waals surface area contributed by atoms with Crippen molar-refractivity contribution < 1.29 is 9.21 Å². The second kappa shape index (κ2) is 5.90. The predicted octanol–water partition coefficient (Wildman–Crippen LogP) is 1.33. The fourth-order valence-corrected chi connectivity index (χ4v) is 2.91. The molecule has 0 radical (unpaired) electrons. The molecule has 0 saturated carbocycles. The van der Waals surface area contributed by atoms with E-state index in [9.17, 15) is 14.4 Å². The van der Waals surface area contributed by atoms with Gasteiger partial charge in [0.1, 0.15) is 11.2 Å². The lowest BCUT2D eigenvalue weighted by Crippen LogP contribution is -2.37. The molecule has 3 heterocycles. The molecule has 0 bridgehead atoms. The van der Waals surface area contributed by atoms with Crippen LogP contribution in [0.3, 0.4) is 0 Å².